The van der Waals surface area contributed by atoms with Gasteiger partial charge < -0.3 is 15.4 Å². The van der Waals surface area contributed by atoms with Gasteiger partial charge in [0.1, 0.15) is 0 Å². The third kappa shape index (κ3) is 2.69. The first kappa shape index (κ1) is 10.9. The molecule has 1 saturated carbocycles. The predicted octanol–water partition coefficient (Wildman–Crippen LogP) is 0.135. The number of ether oxygens (including phenoxy) is 1. The van der Waals surface area contributed by atoms with Crippen LogP contribution in [0.15, 0.2) is 0 Å². The minimum atomic E-state index is -0.0518. The zero-order chi connectivity index (χ0) is 10.8. The molecule has 2 rings (SSSR count). The van der Waals surface area contributed by atoms with E-state index in [1.54, 1.807) is 7.11 Å². The van der Waals surface area contributed by atoms with Gasteiger partial charge >= 0.3 is 0 Å². The van der Waals surface area contributed by atoms with Crippen LogP contribution >= 0.6 is 0 Å². The first-order valence-electron chi connectivity index (χ1n) is 5.74. The molecule has 4 heteroatoms. The summed E-state index contributed by atoms with van der Waals surface area (Å²) < 4.78 is 5.20. The van der Waals surface area contributed by atoms with Gasteiger partial charge in [0.25, 0.3) is 0 Å². The summed E-state index contributed by atoms with van der Waals surface area (Å²) in [5.41, 5.74) is 0. The molecule has 2 aliphatic rings. The van der Waals surface area contributed by atoms with Gasteiger partial charge in [-0.25, -0.2) is 0 Å². The lowest BCUT2D eigenvalue weighted by molar-refractivity contribution is -0.123. The smallest absolute Gasteiger partial charge is 0.237 e. The Bertz CT molecular complexity index is 245. The number of carbonyl (C=O) groups excluding carboxylic acids is 1. The number of hydrogen-bond donors (Lipinski definition) is 2. The van der Waals surface area contributed by atoms with Crippen molar-refractivity contribution in [3.8, 4) is 0 Å². The van der Waals surface area contributed by atoms with E-state index < -0.39 is 0 Å². The van der Waals surface area contributed by atoms with Crippen LogP contribution < -0.4 is 10.6 Å². The van der Waals surface area contributed by atoms with Crippen molar-refractivity contribution >= 4 is 5.91 Å². The van der Waals surface area contributed by atoms with Crippen LogP contribution in [0.25, 0.3) is 0 Å². The monoisotopic (exact) mass is 212 g/mol. The molecule has 1 aliphatic heterocycles. The molecule has 0 aromatic rings. The summed E-state index contributed by atoms with van der Waals surface area (Å²) in [5, 5.41) is 6.18. The highest BCUT2D eigenvalue weighted by Crippen LogP contribution is 2.36. The zero-order valence-corrected chi connectivity index (χ0v) is 9.45. The number of methoxy groups -OCH3 is 1. The van der Waals surface area contributed by atoms with Crippen LogP contribution in [0.4, 0.5) is 0 Å². The Morgan fingerprint density at radius 3 is 2.80 bits per heavy atom. The third-order valence-electron chi connectivity index (χ3n) is 3.55. The Labute approximate surface area is 90.8 Å². The Balaban J connectivity index is 1.67. The van der Waals surface area contributed by atoms with Gasteiger partial charge in [-0.3, -0.25) is 4.79 Å². The van der Waals surface area contributed by atoms with Crippen molar-refractivity contribution < 1.29 is 9.53 Å². The Morgan fingerprint density at radius 2 is 2.27 bits per heavy atom. The van der Waals surface area contributed by atoms with Crippen molar-refractivity contribution in [2.45, 2.75) is 31.9 Å². The van der Waals surface area contributed by atoms with Crippen molar-refractivity contribution in [3.63, 3.8) is 0 Å². The summed E-state index contributed by atoms with van der Waals surface area (Å²) in [6.45, 7) is 3.86. The van der Waals surface area contributed by atoms with E-state index in [1.807, 2.05) is 0 Å². The first-order valence-corrected chi connectivity index (χ1v) is 5.74. The van der Waals surface area contributed by atoms with Gasteiger partial charge in [-0.1, -0.05) is 6.92 Å². The van der Waals surface area contributed by atoms with Gasteiger partial charge in [0.15, 0.2) is 0 Å². The second kappa shape index (κ2) is 4.49. The van der Waals surface area contributed by atoms with Gasteiger partial charge in [0.2, 0.25) is 5.91 Å². The predicted molar refractivity (Wildman–Crippen MR) is 57.5 cm³/mol. The molecule has 15 heavy (non-hydrogen) atoms. The van der Waals surface area contributed by atoms with Crippen LogP contribution in [-0.2, 0) is 9.53 Å². The fraction of sp³-hybridized carbons (Fsp3) is 0.909. The standard InChI is InChI=1S/C11H20N2O2/c1-7-3-8(7)5-13-11(14)10-4-9(15-2)6-12-10/h7-10,12H,3-6H2,1-2H3,(H,13,14). The quantitative estimate of drug-likeness (QED) is 0.696. The van der Waals surface area contributed by atoms with Crippen molar-refractivity contribution in [1.29, 1.82) is 0 Å². The average Bonchev–Trinajstić information content (AvgIpc) is 2.78. The minimum Gasteiger partial charge on any atom is -0.380 e. The van der Waals surface area contributed by atoms with E-state index in [2.05, 4.69) is 17.6 Å². The highest BCUT2D eigenvalue weighted by molar-refractivity contribution is 5.82. The highest BCUT2D eigenvalue weighted by Gasteiger charge is 2.34. The molecule has 0 spiro atoms. The number of rotatable bonds is 4. The lowest BCUT2D eigenvalue weighted by atomic mass is 10.2. The molecule has 2 fully saturated rings. The van der Waals surface area contributed by atoms with E-state index in [-0.39, 0.29) is 18.1 Å². The van der Waals surface area contributed by atoms with Crippen molar-refractivity contribution in [2.75, 3.05) is 20.2 Å². The molecule has 1 aliphatic carbocycles. The summed E-state index contributed by atoms with van der Waals surface area (Å²) >= 11 is 0. The summed E-state index contributed by atoms with van der Waals surface area (Å²) in [5.74, 6) is 1.65. The largest absolute Gasteiger partial charge is 0.380 e. The second-order valence-corrected chi connectivity index (χ2v) is 4.77. The van der Waals surface area contributed by atoms with E-state index in [9.17, 15) is 4.79 Å². The molecule has 1 heterocycles. The number of nitrogens with one attached hydrogen (secondary N) is 2. The van der Waals surface area contributed by atoms with Crippen LogP contribution in [0, 0.1) is 11.8 Å². The van der Waals surface area contributed by atoms with Gasteiger partial charge in [-0.05, 0) is 24.7 Å². The minimum absolute atomic E-state index is 0.0518. The van der Waals surface area contributed by atoms with E-state index in [0.29, 0.717) is 5.92 Å². The Morgan fingerprint density at radius 1 is 1.53 bits per heavy atom. The Hall–Kier alpha value is -0.610. The number of hydrogen-bond acceptors (Lipinski definition) is 3. The van der Waals surface area contributed by atoms with Crippen LogP contribution in [0.3, 0.4) is 0 Å². The molecule has 86 valence electrons. The van der Waals surface area contributed by atoms with Crippen molar-refractivity contribution in [2.24, 2.45) is 11.8 Å². The SMILES string of the molecule is COC1CNC(C(=O)NCC2CC2C)C1. The maximum Gasteiger partial charge on any atom is 0.237 e. The Kier molecular flexibility index (Phi) is 3.26. The molecule has 4 nitrogen and oxygen atoms in total. The third-order valence-corrected chi connectivity index (χ3v) is 3.55. The topological polar surface area (TPSA) is 50.4 Å². The zero-order valence-electron chi connectivity index (χ0n) is 9.45. The van der Waals surface area contributed by atoms with Crippen LogP contribution in [0.1, 0.15) is 19.8 Å². The van der Waals surface area contributed by atoms with Gasteiger partial charge in [0, 0.05) is 20.2 Å². The van der Waals surface area contributed by atoms with Crippen LogP contribution in [-0.4, -0.2) is 38.3 Å². The van der Waals surface area contributed by atoms with Crippen molar-refractivity contribution in [3.05, 3.63) is 0 Å². The molecule has 4 atom stereocenters. The molecule has 0 radical (unpaired) electrons. The second-order valence-electron chi connectivity index (χ2n) is 4.77. The van der Waals surface area contributed by atoms with E-state index in [0.717, 1.165) is 25.4 Å². The van der Waals surface area contributed by atoms with Crippen LogP contribution in [0.5, 0.6) is 0 Å². The maximum absolute atomic E-state index is 11.7. The van der Waals surface area contributed by atoms with E-state index >= 15 is 0 Å². The summed E-state index contributed by atoms with van der Waals surface area (Å²) in [6, 6.07) is -0.0518. The van der Waals surface area contributed by atoms with Crippen molar-refractivity contribution in [1.82, 2.24) is 10.6 Å². The molecule has 4 unspecified atom stereocenters. The molecular weight excluding hydrogens is 192 g/mol. The molecule has 0 aromatic heterocycles. The molecule has 1 saturated heterocycles. The van der Waals surface area contributed by atoms with E-state index in [4.69, 9.17) is 4.74 Å². The molecule has 2 N–H and O–H groups in total. The lowest BCUT2D eigenvalue weighted by Gasteiger charge is -2.10. The summed E-state index contributed by atoms with van der Waals surface area (Å²) in [4.78, 5) is 11.7. The summed E-state index contributed by atoms with van der Waals surface area (Å²) in [6.07, 6.45) is 2.25. The molecule has 0 bridgehead atoms. The van der Waals surface area contributed by atoms with Gasteiger partial charge in [0.05, 0.1) is 12.1 Å². The van der Waals surface area contributed by atoms with Gasteiger partial charge in [-0.2, -0.15) is 0 Å². The van der Waals surface area contributed by atoms with E-state index in [1.165, 1.54) is 6.42 Å². The summed E-state index contributed by atoms with van der Waals surface area (Å²) in [7, 11) is 1.69. The fourth-order valence-corrected chi connectivity index (χ4v) is 2.12. The molecule has 0 aromatic carbocycles. The first-order chi connectivity index (χ1) is 7.20. The lowest BCUT2D eigenvalue weighted by Crippen LogP contribution is -2.41. The number of amides is 1. The fourth-order valence-electron chi connectivity index (χ4n) is 2.12. The average molecular weight is 212 g/mol. The number of carbonyl (C=O) groups is 1. The molecular formula is C11H20N2O2. The maximum atomic E-state index is 11.7. The molecule has 1 amide bonds. The van der Waals surface area contributed by atoms with Gasteiger partial charge in [-0.15, -0.1) is 0 Å². The van der Waals surface area contributed by atoms with Crippen LogP contribution in [0.2, 0.25) is 0 Å². The highest BCUT2D eigenvalue weighted by atomic mass is 16.5. The normalized spacial score (nSPS) is 39.1.